The molecule has 0 spiro atoms. The van der Waals surface area contributed by atoms with Gasteiger partial charge >= 0.3 is 0 Å². The SMILES string of the molecule is CC(C)[C@H](C)NS(=O)(=O)Cc1ccccc1F. The lowest BCUT2D eigenvalue weighted by molar-refractivity contribution is 0.475. The zero-order chi connectivity index (χ0) is 13.1. The van der Waals surface area contributed by atoms with Crippen LogP contribution < -0.4 is 4.72 Å². The zero-order valence-electron chi connectivity index (χ0n) is 10.3. The predicted molar refractivity (Wildman–Crippen MR) is 66.5 cm³/mol. The number of halogens is 1. The smallest absolute Gasteiger partial charge is 0.212 e. The van der Waals surface area contributed by atoms with Gasteiger partial charge in [-0.05, 0) is 18.9 Å². The molecule has 0 aliphatic carbocycles. The molecule has 0 radical (unpaired) electrons. The van der Waals surface area contributed by atoms with Crippen molar-refractivity contribution in [2.24, 2.45) is 5.92 Å². The van der Waals surface area contributed by atoms with Crippen molar-refractivity contribution in [2.75, 3.05) is 0 Å². The van der Waals surface area contributed by atoms with Crippen molar-refractivity contribution < 1.29 is 12.8 Å². The van der Waals surface area contributed by atoms with Crippen LogP contribution in [0.3, 0.4) is 0 Å². The highest BCUT2D eigenvalue weighted by Gasteiger charge is 2.18. The van der Waals surface area contributed by atoms with Crippen molar-refractivity contribution in [1.29, 1.82) is 0 Å². The number of hydrogen-bond donors (Lipinski definition) is 1. The number of nitrogens with one attached hydrogen (secondary N) is 1. The monoisotopic (exact) mass is 259 g/mol. The van der Waals surface area contributed by atoms with E-state index in [1.54, 1.807) is 13.0 Å². The Bertz CT molecular complexity index is 471. The number of sulfonamides is 1. The first kappa shape index (κ1) is 14.1. The molecule has 0 amide bonds. The quantitative estimate of drug-likeness (QED) is 0.882. The van der Waals surface area contributed by atoms with E-state index in [1.165, 1.54) is 18.2 Å². The molecule has 96 valence electrons. The van der Waals surface area contributed by atoms with Crippen LogP contribution in [0.15, 0.2) is 24.3 Å². The summed E-state index contributed by atoms with van der Waals surface area (Å²) in [5.41, 5.74) is 0.191. The van der Waals surface area contributed by atoms with Crippen LogP contribution in [0.1, 0.15) is 26.3 Å². The maximum absolute atomic E-state index is 13.3. The minimum absolute atomic E-state index is 0.160. The highest BCUT2D eigenvalue weighted by molar-refractivity contribution is 7.88. The Morgan fingerprint density at radius 2 is 1.82 bits per heavy atom. The zero-order valence-corrected chi connectivity index (χ0v) is 11.1. The van der Waals surface area contributed by atoms with Crippen LogP contribution in [-0.4, -0.2) is 14.5 Å². The first-order valence-corrected chi connectivity index (χ1v) is 7.20. The van der Waals surface area contributed by atoms with E-state index < -0.39 is 15.8 Å². The lowest BCUT2D eigenvalue weighted by atomic mass is 10.1. The number of hydrogen-bond acceptors (Lipinski definition) is 2. The van der Waals surface area contributed by atoms with E-state index in [0.717, 1.165) is 0 Å². The maximum atomic E-state index is 13.3. The second-order valence-corrected chi connectivity index (χ2v) is 6.25. The Morgan fingerprint density at radius 3 is 2.35 bits per heavy atom. The molecule has 0 bridgehead atoms. The lowest BCUT2D eigenvalue weighted by Gasteiger charge is -2.17. The molecule has 1 atom stereocenters. The molecule has 1 aromatic rings. The summed E-state index contributed by atoms with van der Waals surface area (Å²) in [4.78, 5) is 0. The maximum Gasteiger partial charge on any atom is 0.216 e. The number of benzene rings is 1. The van der Waals surface area contributed by atoms with Crippen molar-refractivity contribution in [3.05, 3.63) is 35.6 Å². The molecule has 0 saturated heterocycles. The van der Waals surface area contributed by atoms with Crippen molar-refractivity contribution in [2.45, 2.75) is 32.6 Å². The summed E-state index contributed by atoms with van der Waals surface area (Å²) in [6.07, 6.45) is 0. The Balaban J connectivity index is 2.77. The van der Waals surface area contributed by atoms with Crippen LogP contribution in [0.4, 0.5) is 4.39 Å². The lowest BCUT2D eigenvalue weighted by Crippen LogP contribution is -2.36. The molecular weight excluding hydrogens is 241 g/mol. The molecule has 0 unspecified atom stereocenters. The van der Waals surface area contributed by atoms with Gasteiger partial charge in [-0.2, -0.15) is 0 Å². The molecule has 5 heteroatoms. The van der Waals surface area contributed by atoms with Crippen molar-refractivity contribution in [3.63, 3.8) is 0 Å². The van der Waals surface area contributed by atoms with Gasteiger partial charge in [-0.25, -0.2) is 17.5 Å². The van der Waals surface area contributed by atoms with Gasteiger partial charge in [-0.3, -0.25) is 0 Å². The Labute approximate surface area is 102 Å². The van der Waals surface area contributed by atoms with E-state index in [2.05, 4.69) is 4.72 Å². The second kappa shape index (κ2) is 5.60. The Morgan fingerprint density at radius 1 is 1.24 bits per heavy atom. The van der Waals surface area contributed by atoms with Crippen LogP contribution in [0.5, 0.6) is 0 Å². The van der Waals surface area contributed by atoms with Crippen molar-refractivity contribution >= 4 is 10.0 Å². The summed E-state index contributed by atoms with van der Waals surface area (Å²) in [7, 11) is -3.49. The fourth-order valence-electron chi connectivity index (χ4n) is 1.28. The molecule has 0 aromatic heterocycles. The highest BCUT2D eigenvalue weighted by Crippen LogP contribution is 2.11. The third-order valence-electron chi connectivity index (χ3n) is 2.67. The van der Waals surface area contributed by atoms with Gasteiger partial charge in [0.05, 0.1) is 5.75 Å². The van der Waals surface area contributed by atoms with Crippen LogP contribution in [0.25, 0.3) is 0 Å². The normalized spacial score (nSPS) is 13.9. The molecule has 1 N–H and O–H groups in total. The predicted octanol–water partition coefficient (Wildman–Crippen LogP) is 2.29. The fraction of sp³-hybridized carbons (Fsp3) is 0.500. The first-order valence-electron chi connectivity index (χ1n) is 5.55. The molecule has 17 heavy (non-hydrogen) atoms. The molecule has 0 aliphatic heterocycles. The standard InChI is InChI=1S/C12H18FNO2S/c1-9(2)10(3)14-17(15,16)8-11-6-4-5-7-12(11)13/h4-7,9-10,14H,8H2,1-3H3/t10-/m0/s1. The van der Waals surface area contributed by atoms with Crippen LogP contribution >= 0.6 is 0 Å². The molecule has 0 heterocycles. The third-order valence-corrected chi connectivity index (χ3v) is 4.09. The number of rotatable bonds is 5. The topological polar surface area (TPSA) is 46.2 Å². The molecule has 0 aliphatic rings. The van der Waals surface area contributed by atoms with Gasteiger partial charge in [0.2, 0.25) is 10.0 Å². The second-order valence-electron chi connectivity index (χ2n) is 4.50. The third kappa shape index (κ3) is 4.44. The van der Waals surface area contributed by atoms with E-state index >= 15 is 0 Å². The largest absolute Gasteiger partial charge is 0.216 e. The van der Waals surface area contributed by atoms with Gasteiger partial charge in [0.25, 0.3) is 0 Å². The Kier molecular flexibility index (Phi) is 4.65. The van der Waals surface area contributed by atoms with Gasteiger partial charge in [0, 0.05) is 11.6 Å². The molecule has 1 rings (SSSR count). The van der Waals surface area contributed by atoms with Crippen LogP contribution in [0.2, 0.25) is 0 Å². The molecule has 0 saturated carbocycles. The van der Waals surface area contributed by atoms with E-state index in [9.17, 15) is 12.8 Å². The molecule has 0 fully saturated rings. The summed E-state index contributed by atoms with van der Waals surface area (Å²) < 4.78 is 39.4. The van der Waals surface area contributed by atoms with Gasteiger partial charge in [0.1, 0.15) is 5.82 Å². The summed E-state index contributed by atoms with van der Waals surface area (Å²) in [5.74, 6) is -0.614. The van der Waals surface area contributed by atoms with E-state index in [-0.39, 0.29) is 23.3 Å². The van der Waals surface area contributed by atoms with Crippen molar-refractivity contribution in [3.8, 4) is 0 Å². The summed E-state index contributed by atoms with van der Waals surface area (Å²) in [6.45, 7) is 5.65. The van der Waals surface area contributed by atoms with Gasteiger partial charge < -0.3 is 0 Å². The van der Waals surface area contributed by atoms with Crippen LogP contribution in [-0.2, 0) is 15.8 Å². The highest BCUT2D eigenvalue weighted by atomic mass is 32.2. The fourth-order valence-corrected chi connectivity index (χ4v) is 2.85. The Hall–Kier alpha value is -0.940. The van der Waals surface area contributed by atoms with E-state index in [0.29, 0.717) is 0 Å². The average Bonchev–Trinajstić information content (AvgIpc) is 2.20. The van der Waals surface area contributed by atoms with Gasteiger partial charge in [0.15, 0.2) is 0 Å². The van der Waals surface area contributed by atoms with Gasteiger partial charge in [-0.1, -0.05) is 32.0 Å². The first-order chi connectivity index (χ1) is 7.82. The van der Waals surface area contributed by atoms with Crippen LogP contribution in [0, 0.1) is 11.7 Å². The summed E-state index contributed by atoms with van der Waals surface area (Å²) >= 11 is 0. The average molecular weight is 259 g/mol. The molecule has 1 aromatic carbocycles. The van der Waals surface area contributed by atoms with Crippen molar-refractivity contribution in [1.82, 2.24) is 4.72 Å². The minimum Gasteiger partial charge on any atom is -0.212 e. The van der Waals surface area contributed by atoms with E-state index in [4.69, 9.17) is 0 Å². The summed E-state index contributed by atoms with van der Waals surface area (Å²) in [5, 5.41) is 0. The molecular formula is C12H18FNO2S. The van der Waals surface area contributed by atoms with Gasteiger partial charge in [-0.15, -0.1) is 0 Å². The van der Waals surface area contributed by atoms with E-state index in [1.807, 2.05) is 13.8 Å². The molecule has 3 nitrogen and oxygen atoms in total. The summed E-state index contributed by atoms with van der Waals surface area (Å²) in [6, 6.07) is 5.74. The minimum atomic E-state index is -3.49.